The van der Waals surface area contributed by atoms with Gasteiger partial charge in [-0.1, -0.05) is 35.9 Å². The predicted octanol–water partition coefficient (Wildman–Crippen LogP) is 3.70. The summed E-state index contributed by atoms with van der Waals surface area (Å²) in [4.78, 5) is 16.2. The molecule has 148 valence electrons. The Bertz CT molecular complexity index is 763. The monoisotopic (exact) mass is 502 g/mol. The molecule has 0 saturated heterocycles. The molecular formula is C20H28ClIN4O. The highest BCUT2D eigenvalue weighted by molar-refractivity contribution is 14.0. The minimum Gasteiger partial charge on any atom is -0.357 e. The Balaban J connectivity index is 0.00000364. The van der Waals surface area contributed by atoms with E-state index in [9.17, 15) is 4.79 Å². The number of aliphatic imine (C=N–C) groups is 1. The van der Waals surface area contributed by atoms with Crippen LogP contribution in [0.3, 0.4) is 0 Å². The molecule has 0 saturated carbocycles. The highest BCUT2D eigenvalue weighted by Gasteiger charge is 2.01. The SMILES string of the molecule is CCNC(=NCCCCn1ccccc1=O)NCCc1ccccc1Cl.I. The molecular weight excluding hydrogens is 475 g/mol. The lowest BCUT2D eigenvalue weighted by atomic mass is 10.1. The van der Waals surface area contributed by atoms with Gasteiger partial charge >= 0.3 is 0 Å². The first-order valence-corrected chi connectivity index (χ1v) is 9.49. The number of rotatable bonds is 9. The zero-order valence-corrected chi connectivity index (χ0v) is 18.7. The molecule has 2 aromatic rings. The summed E-state index contributed by atoms with van der Waals surface area (Å²) in [6, 6.07) is 13.1. The number of unbranched alkanes of at least 4 members (excludes halogenated alkanes) is 1. The normalized spacial score (nSPS) is 11.0. The van der Waals surface area contributed by atoms with E-state index in [-0.39, 0.29) is 29.5 Å². The molecule has 0 amide bonds. The number of aryl methyl sites for hydroxylation is 1. The first-order chi connectivity index (χ1) is 12.7. The third-order valence-electron chi connectivity index (χ3n) is 3.96. The number of aromatic nitrogens is 1. The quantitative estimate of drug-likeness (QED) is 0.238. The number of hydrogen-bond acceptors (Lipinski definition) is 2. The van der Waals surface area contributed by atoms with Gasteiger partial charge in [0, 0.05) is 43.5 Å². The third kappa shape index (κ3) is 8.79. The highest BCUT2D eigenvalue weighted by atomic mass is 127. The maximum absolute atomic E-state index is 11.6. The number of nitrogens with one attached hydrogen (secondary N) is 2. The molecule has 0 radical (unpaired) electrons. The molecule has 27 heavy (non-hydrogen) atoms. The molecule has 2 N–H and O–H groups in total. The number of benzene rings is 1. The van der Waals surface area contributed by atoms with Crippen molar-refractivity contribution < 1.29 is 0 Å². The lowest BCUT2D eigenvalue weighted by Crippen LogP contribution is -2.38. The Morgan fingerprint density at radius 3 is 2.63 bits per heavy atom. The minimum atomic E-state index is 0. The predicted molar refractivity (Wildman–Crippen MR) is 124 cm³/mol. The summed E-state index contributed by atoms with van der Waals surface area (Å²) < 4.78 is 1.73. The summed E-state index contributed by atoms with van der Waals surface area (Å²) in [5.74, 6) is 0.816. The molecule has 1 aromatic heterocycles. The van der Waals surface area contributed by atoms with E-state index in [2.05, 4.69) is 15.6 Å². The summed E-state index contributed by atoms with van der Waals surface area (Å²) in [5.41, 5.74) is 1.18. The lowest BCUT2D eigenvalue weighted by Gasteiger charge is -2.12. The van der Waals surface area contributed by atoms with Gasteiger partial charge < -0.3 is 15.2 Å². The van der Waals surface area contributed by atoms with E-state index in [1.54, 1.807) is 16.7 Å². The fourth-order valence-corrected chi connectivity index (χ4v) is 2.82. The van der Waals surface area contributed by atoms with Crippen molar-refractivity contribution >= 4 is 41.5 Å². The Morgan fingerprint density at radius 1 is 1.11 bits per heavy atom. The molecule has 5 nitrogen and oxygen atoms in total. The van der Waals surface area contributed by atoms with Crippen LogP contribution in [0, 0.1) is 0 Å². The number of hydrogen-bond donors (Lipinski definition) is 2. The highest BCUT2D eigenvalue weighted by Crippen LogP contribution is 2.14. The first-order valence-electron chi connectivity index (χ1n) is 9.11. The van der Waals surface area contributed by atoms with E-state index >= 15 is 0 Å². The van der Waals surface area contributed by atoms with Gasteiger partial charge in [0.1, 0.15) is 0 Å². The number of guanidine groups is 1. The van der Waals surface area contributed by atoms with E-state index in [1.165, 1.54) is 0 Å². The van der Waals surface area contributed by atoms with Gasteiger partial charge in [0.2, 0.25) is 5.56 Å². The summed E-state index contributed by atoms with van der Waals surface area (Å²) >= 11 is 6.18. The zero-order valence-electron chi connectivity index (χ0n) is 15.7. The van der Waals surface area contributed by atoms with Crippen molar-refractivity contribution in [1.29, 1.82) is 0 Å². The van der Waals surface area contributed by atoms with Gasteiger partial charge in [-0.15, -0.1) is 24.0 Å². The maximum Gasteiger partial charge on any atom is 0.250 e. The van der Waals surface area contributed by atoms with Crippen LogP contribution in [-0.4, -0.2) is 30.2 Å². The molecule has 0 aliphatic rings. The van der Waals surface area contributed by atoms with Gasteiger partial charge in [-0.25, -0.2) is 0 Å². The fourth-order valence-electron chi connectivity index (χ4n) is 2.59. The first kappa shape index (κ1) is 23.5. The van der Waals surface area contributed by atoms with Crippen molar-refractivity contribution in [3.05, 3.63) is 69.6 Å². The molecule has 0 atom stereocenters. The standard InChI is InChI=1S/C20H27ClN4O.HI/c1-2-22-20(24-14-12-17-9-3-4-10-18(17)21)23-13-6-8-16-25-15-7-5-11-19(25)26;/h3-5,7,9-11,15H,2,6,8,12-14,16H2,1H3,(H2,22,23,24);1H. The van der Waals surface area contributed by atoms with Crippen molar-refractivity contribution in [3.63, 3.8) is 0 Å². The Kier molecular flexibility index (Phi) is 11.8. The summed E-state index contributed by atoms with van der Waals surface area (Å²) in [6.07, 6.45) is 4.53. The van der Waals surface area contributed by atoms with E-state index < -0.39 is 0 Å². The number of halogens is 2. The Hall–Kier alpha value is -1.54. The van der Waals surface area contributed by atoms with Crippen LogP contribution >= 0.6 is 35.6 Å². The van der Waals surface area contributed by atoms with Crippen LogP contribution in [0.25, 0.3) is 0 Å². The lowest BCUT2D eigenvalue weighted by molar-refractivity contribution is 0.597. The fraction of sp³-hybridized carbons (Fsp3) is 0.400. The topological polar surface area (TPSA) is 58.4 Å². The van der Waals surface area contributed by atoms with Gasteiger partial charge in [0.15, 0.2) is 5.96 Å². The van der Waals surface area contributed by atoms with Gasteiger partial charge in [0.25, 0.3) is 0 Å². The molecule has 0 spiro atoms. The van der Waals surface area contributed by atoms with Crippen LogP contribution in [0.1, 0.15) is 25.3 Å². The van der Waals surface area contributed by atoms with Crippen molar-refractivity contribution in [2.45, 2.75) is 32.7 Å². The average Bonchev–Trinajstić information content (AvgIpc) is 2.64. The second-order valence-corrected chi connectivity index (χ2v) is 6.38. The Morgan fingerprint density at radius 2 is 1.89 bits per heavy atom. The van der Waals surface area contributed by atoms with Crippen LogP contribution in [0.5, 0.6) is 0 Å². The molecule has 0 fully saturated rings. The smallest absolute Gasteiger partial charge is 0.250 e. The molecule has 2 rings (SSSR count). The third-order valence-corrected chi connectivity index (χ3v) is 4.33. The second kappa shape index (κ2) is 13.6. The molecule has 0 aliphatic heterocycles. The molecule has 1 aromatic carbocycles. The number of pyridine rings is 1. The van der Waals surface area contributed by atoms with Crippen LogP contribution in [0.2, 0.25) is 5.02 Å². The second-order valence-electron chi connectivity index (χ2n) is 5.97. The summed E-state index contributed by atoms with van der Waals surface area (Å²) in [6.45, 7) is 5.09. The molecule has 0 bridgehead atoms. The largest absolute Gasteiger partial charge is 0.357 e. The minimum absolute atomic E-state index is 0. The average molecular weight is 503 g/mol. The van der Waals surface area contributed by atoms with E-state index in [1.807, 2.05) is 43.5 Å². The molecule has 0 aliphatic carbocycles. The van der Waals surface area contributed by atoms with Crippen molar-refractivity contribution in [3.8, 4) is 0 Å². The molecule has 1 heterocycles. The van der Waals surface area contributed by atoms with Gasteiger partial charge in [-0.3, -0.25) is 9.79 Å². The molecule has 0 unspecified atom stereocenters. The van der Waals surface area contributed by atoms with Gasteiger partial charge in [-0.2, -0.15) is 0 Å². The summed E-state index contributed by atoms with van der Waals surface area (Å²) in [7, 11) is 0. The maximum atomic E-state index is 11.6. The van der Waals surface area contributed by atoms with Crippen LogP contribution in [0.15, 0.2) is 58.4 Å². The van der Waals surface area contributed by atoms with Crippen molar-refractivity contribution in [2.24, 2.45) is 4.99 Å². The zero-order chi connectivity index (χ0) is 18.6. The van der Waals surface area contributed by atoms with Gasteiger partial charge in [-0.05, 0) is 43.9 Å². The Labute approximate surface area is 183 Å². The van der Waals surface area contributed by atoms with E-state index in [4.69, 9.17) is 11.6 Å². The van der Waals surface area contributed by atoms with E-state index in [0.717, 1.165) is 62.0 Å². The van der Waals surface area contributed by atoms with Crippen LogP contribution in [-0.2, 0) is 13.0 Å². The van der Waals surface area contributed by atoms with Crippen molar-refractivity contribution in [1.82, 2.24) is 15.2 Å². The van der Waals surface area contributed by atoms with Crippen molar-refractivity contribution in [2.75, 3.05) is 19.6 Å². The van der Waals surface area contributed by atoms with Gasteiger partial charge in [0.05, 0.1) is 0 Å². The summed E-state index contributed by atoms with van der Waals surface area (Å²) in [5, 5.41) is 7.39. The van der Waals surface area contributed by atoms with Crippen LogP contribution in [0.4, 0.5) is 0 Å². The number of nitrogens with zero attached hydrogens (tertiary/aromatic N) is 2. The van der Waals surface area contributed by atoms with Crippen LogP contribution < -0.4 is 16.2 Å². The molecule has 7 heteroatoms. The van der Waals surface area contributed by atoms with E-state index in [0.29, 0.717) is 0 Å².